The monoisotopic (exact) mass is 674 g/mol. The van der Waals surface area contributed by atoms with Crippen LogP contribution < -0.4 is 4.74 Å². The summed E-state index contributed by atoms with van der Waals surface area (Å²) >= 11 is 0. The number of benzene rings is 4. The molecule has 0 saturated carbocycles. The van der Waals surface area contributed by atoms with Crippen molar-refractivity contribution in [2.75, 3.05) is 0 Å². The van der Waals surface area contributed by atoms with Crippen LogP contribution in [0.25, 0.3) is 44.4 Å². The summed E-state index contributed by atoms with van der Waals surface area (Å²) in [5.41, 5.74) is 11.5. The summed E-state index contributed by atoms with van der Waals surface area (Å²) in [6.07, 6.45) is 5.59. The van der Waals surface area contributed by atoms with Crippen LogP contribution in [0.4, 0.5) is 0 Å². The molecule has 0 aliphatic heterocycles. The number of pyridine rings is 1. The van der Waals surface area contributed by atoms with Gasteiger partial charge in [-0.05, 0) is 116 Å². The predicted molar refractivity (Wildman–Crippen MR) is 213 cm³/mol. The molecule has 2 unspecified atom stereocenters. The molecule has 5 heteroatoms. The molecule has 3 aromatic heterocycles. The number of aromatic nitrogens is 4. The van der Waals surface area contributed by atoms with Crippen LogP contribution in [0.5, 0.6) is 11.5 Å². The van der Waals surface area contributed by atoms with Crippen LogP contribution in [0.2, 0.25) is 0 Å². The molecular weight excluding hydrogens is 625 g/mol. The van der Waals surface area contributed by atoms with E-state index in [1.807, 2.05) is 12.3 Å². The van der Waals surface area contributed by atoms with Crippen molar-refractivity contribution in [1.29, 1.82) is 0 Å². The van der Waals surface area contributed by atoms with Gasteiger partial charge in [0.2, 0.25) is 0 Å². The zero-order chi connectivity index (χ0) is 35.8. The minimum absolute atomic E-state index is 0.316. The van der Waals surface area contributed by atoms with E-state index >= 15 is 0 Å². The second-order valence-corrected chi connectivity index (χ2v) is 14.9. The van der Waals surface area contributed by atoms with Crippen molar-refractivity contribution >= 4 is 21.8 Å². The van der Waals surface area contributed by atoms with Gasteiger partial charge < -0.3 is 4.74 Å². The second kappa shape index (κ2) is 14.2. The highest BCUT2D eigenvalue weighted by molar-refractivity contribution is 6.09. The number of aryl methyl sites for hydroxylation is 2. The first-order chi connectivity index (χ1) is 24.6. The lowest BCUT2D eigenvalue weighted by molar-refractivity contribution is 0.449. The van der Waals surface area contributed by atoms with Crippen LogP contribution in [0, 0.1) is 26.7 Å². The molecule has 0 N–H and O–H groups in total. The molecule has 3 heterocycles. The van der Waals surface area contributed by atoms with Crippen molar-refractivity contribution in [3.05, 3.63) is 131 Å². The Balaban J connectivity index is 1.32. The molecule has 0 aliphatic carbocycles. The molecule has 0 fully saturated rings. The maximum atomic E-state index is 6.77. The van der Waals surface area contributed by atoms with Gasteiger partial charge in [0, 0.05) is 40.4 Å². The summed E-state index contributed by atoms with van der Waals surface area (Å²) in [7, 11) is 0. The molecule has 0 aliphatic rings. The highest BCUT2D eigenvalue weighted by atomic mass is 16.5. The van der Waals surface area contributed by atoms with E-state index in [1.165, 1.54) is 57.9 Å². The fourth-order valence-corrected chi connectivity index (χ4v) is 7.80. The molecule has 7 aromatic rings. The molecule has 260 valence electrons. The van der Waals surface area contributed by atoms with Crippen LogP contribution in [-0.4, -0.2) is 19.3 Å². The summed E-state index contributed by atoms with van der Waals surface area (Å²) in [6, 6.07) is 34.7. The number of fused-ring (bicyclic) bond motifs is 3. The zero-order valence-electron chi connectivity index (χ0n) is 31.4. The third-order valence-corrected chi connectivity index (χ3v) is 10.4. The standard InChI is InChI=1S/C46H50N4O/c1-9-13-30(4)22-32(6)36-16-19-43-42(26-36)41-18-17-39(28-44(41)49(43)45-23-31(5)20-21-47-45)51-40-25-37(29(2)3)24-38(27-40)50-34(8)46(33(7)48-50)35-14-11-10-12-15-35/h10-12,14-21,23-30,32H,9,13,22H2,1-8H3. The molecule has 0 amide bonds. The molecule has 5 nitrogen and oxygen atoms in total. The van der Waals surface area contributed by atoms with E-state index in [-0.39, 0.29) is 0 Å². The molecule has 0 spiro atoms. The van der Waals surface area contributed by atoms with Crippen LogP contribution in [-0.2, 0) is 0 Å². The van der Waals surface area contributed by atoms with Crippen LogP contribution >= 0.6 is 0 Å². The van der Waals surface area contributed by atoms with E-state index in [0.29, 0.717) is 17.8 Å². The highest BCUT2D eigenvalue weighted by Crippen LogP contribution is 2.39. The normalized spacial score (nSPS) is 13.0. The van der Waals surface area contributed by atoms with Gasteiger partial charge in [-0.25, -0.2) is 9.67 Å². The van der Waals surface area contributed by atoms with Crippen molar-refractivity contribution in [3.63, 3.8) is 0 Å². The van der Waals surface area contributed by atoms with E-state index in [2.05, 4.69) is 156 Å². The van der Waals surface area contributed by atoms with Gasteiger partial charge in [-0.2, -0.15) is 5.10 Å². The van der Waals surface area contributed by atoms with E-state index < -0.39 is 0 Å². The highest BCUT2D eigenvalue weighted by Gasteiger charge is 2.19. The first-order valence-corrected chi connectivity index (χ1v) is 18.6. The van der Waals surface area contributed by atoms with Gasteiger partial charge in [-0.15, -0.1) is 0 Å². The van der Waals surface area contributed by atoms with Gasteiger partial charge in [0.1, 0.15) is 17.3 Å². The maximum Gasteiger partial charge on any atom is 0.137 e. The van der Waals surface area contributed by atoms with Gasteiger partial charge >= 0.3 is 0 Å². The third kappa shape index (κ3) is 6.82. The molecular formula is C46H50N4O. The summed E-state index contributed by atoms with van der Waals surface area (Å²) < 4.78 is 11.1. The molecule has 51 heavy (non-hydrogen) atoms. The lowest BCUT2D eigenvalue weighted by Crippen LogP contribution is -2.02. The van der Waals surface area contributed by atoms with Crippen molar-refractivity contribution in [2.24, 2.45) is 5.92 Å². The van der Waals surface area contributed by atoms with Crippen molar-refractivity contribution in [3.8, 4) is 34.1 Å². The minimum Gasteiger partial charge on any atom is -0.457 e. The molecule has 0 radical (unpaired) electrons. The molecule has 7 rings (SSSR count). The number of hydrogen-bond donors (Lipinski definition) is 0. The Morgan fingerprint density at radius 2 is 1.53 bits per heavy atom. The third-order valence-electron chi connectivity index (χ3n) is 10.4. The minimum atomic E-state index is 0.316. The summed E-state index contributed by atoms with van der Waals surface area (Å²) in [5.74, 6) is 4.00. The fourth-order valence-electron chi connectivity index (χ4n) is 7.80. The predicted octanol–water partition coefficient (Wildman–Crippen LogP) is 12.8. The van der Waals surface area contributed by atoms with Crippen LogP contribution in [0.3, 0.4) is 0 Å². The molecule has 4 aromatic carbocycles. The van der Waals surface area contributed by atoms with Crippen molar-refractivity contribution in [2.45, 2.75) is 86.5 Å². The Hall–Kier alpha value is -5.16. The Labute approximate surface area is 302 Å². The van der Waals surface area contributed by atoms with E-state index in [4.69, 9.17) is 14.8 Å². The molecule has 2 atom stereocenters. The van der Waals surface area contributed by atoms with Crippen LogP contribution in [0.15, 0.2) is 103 Å². The first-order valence-electron chi connectivity index (χ1n) is 18.6. The zero-order valence-corrected chi connectivity index (χ0v) is 31.4. The van der Waals surface area contributed by atoms with Gasteiger partial charge in [0.15, 0.2) is 0 Å². The lowest BCUT2D eigenvalue weighted by Gasteiger charge is -2.17. The summed E-state index contributed by atoms with van der Waals surface area (Å²) in [4.78, 5) is 4.84. The quantitative estimate of drug-likeness (QED) is 0.137. The maximum absolute atomic E-state index is 6.77. The SMILES string of the molecule is CCCC(C)CC(C)c1ccc2c(c1)c1ccc(Oc3cc(C(C)C)cc(-n4nc(C)c(-c5ccccc5)c4C)c3)cc1n2-c1cc(C)ccn1. The number of nitrogens with zero attached hydrogens (tertiary/aromatic N) is 4. The molecule has 0 saturated heterocycles. The Bertz CT molecular complexity index is 2330. The van der Waals surface area contributed by atoms with E-state index in [9.17, 15) is 0 Å². The first kappa shape index (κ1) is 34.3. The second-order valence-electron chi connectivity index (χ2n) is 14.9. The summed E-state index contributed by atoms with van der Waals surface area (Å²) in [5, 5.41) is 7.46. The topological polar surface area (TPSA) is 44.9 Å². The Morgan fingerprint density at radius 1 is 0.725 bits per heavy atom. The average molecular weight is 675 g/mol. The smallest absolute Gasteiger partial charge is 0.137 e. The van der Waals surface area contributed by atoms with Gasteiger partial charge in [0.25, 0.3) is 0 Å². The average Bonchev–Trinajstić information content (AvgIpc) is 3.60. The fraction of sp³-hybridized carbons (Fsp3) is 0.304. The lowest BCUT2D eigenvalue weighted by atomic mass is 9.88. The number of hydrogen-bond acceptors (Lipinski definition) is 3. The Kier molecular flexibility index (Phi) is 9.56. The van der Waals surface area contributed by atoms with E-state index in [0.717, 1.165) is 45.4 Å². The van der Waals surface area contributed by atoms with Gasteiger partial charge in [0.05, 0.1) is 22.4 Å². The van der Waals surface area contributed by atoms with Crippen molar-refractivity contribution in [1.82, 2.24) is 19.3 Å². The van der Waals surface area contributed by atoms with Gasteiger partial charge in [-0.1, -0.05) is 83.9 Å². The molecule has 0 bridgehead atoms. The number of ether oxygens (including phenoxy) is 1. The largest absolute Gasteiger partial charge is 0.457 e. The Morgan fingerprint density at radius 3 is 2.27 bits per heavy atom. The summed E-state index contributed by atoms with van der Waals surface area (Å²) in [6.45, 7) is 17.8. The van der Waals surface area contributed by atoms with Crippen molar-refractivity contribution < 1.29 is 4.74 Å². The van der Waals surface area contributed by atoms with Gasteiger partial charge in [-0.3, -0.25) is 4.57 Å². The number of rotatable bonds is 11. The van der Waals surface area contributed by atoms with E-state index in [1.54, 1.807) is 0 Å². The van der Waals surface area contributed by atoms with Crippen LogP contribution in [0.1, 0.15) is 93.8 Å².